The molecule has 7 nitrogen and oxygen atoms in total. The van der Waals surface area contributed by atoms with Crippen LogP contribution in [0.5, 0.6) is 0 Å². The first-order chi connectivity index (χ1) is 11.6. The Hall–Kier alpha value is -2.54. The molecule has 0 aliphatic carbocycles. The van der Waals surface area contributed by atoms with Crippen LogP contribution in [0.25, 0.3) is 11.5 Å². The van der Waals surface area contributed by atoms with Crippen LogP contribution in [-0.2, 0) is 13.1 Å². The highest BCUT2D eigenvalue weighted by atomic mass is 16.4. The summed E-state index contributed by atoms with van der Waals surface area (Å²) in [7, 11) is 0. The van der Waals surface area contributed by atoms with Crippen LogP contribution in [0.3, 0.4) is 0 Å². The summed E-state index contributed by atoms with van der Waals surface area (Å²) >= 11 is 0. The van der Waals surface area contributed by atoms with Gasteiger partial charge in [-0.1, -0.05) is 6.07 Å². The van der Waals surface area contributed by atoms with Crippen LogP contribution in [0.1, 0.15) is 35.8 Å². The fourth-order valence-corrected chi connectivity index (χ4v) is 2.97. The number of fused-ring (bicyclic) bond motifs is 1. The van der Waals surface area contributed by atoms with Gasteiger partial charge in [0.2, 0.25) is 11.8 Å². The molecule has 3 heterocycles. The van der Waals surface area contributed by atoms with E-state index in [4.69, 9.17) is 4.42 Å². The SMILES string of the molecule is Cc1ccc(-c2nnc(C(C)N3CCn4cnnc4C3)o2)cc1C. The third kappa shape index (κ3) is 2.60. The average molecular weight is 324 g/mol. The summed E-state index contributed by atoms with van der Waals surface area (Å²) in [5.74, 6) is 2.18. The van der Waals surface area contributed by atoms with Gasteiger partial charge in [0.25, 0.3) is 0 Å². The molecule has 1 aliphatic heterocycles. The first-order valence-corrected chi connectivity index (χ1v) is 8.13. The maximum absolute atomic E-state index is 5.94. The van der Waals surface area contributed by atoms with E-state index in [2.05, 4.69) is 62.8 Å². The molecular weight excluding hydrogens is 304 g/mol. The van der Waals surface area contributed by atoms with Crippen LogP contribution in [-0.4, -0.2) is 36.4 Å². The first kappa shape index (κ1) is 15.0. The van der Waals surface area contributed by atoms with Crippen LogP contribution in [0, 0.1) is 13.8 Å². The van der Waals surface area contributed by atoms with E-state index in [0.29, 0.717) is 11.8 Å². The van der Waals surface area contributed by atoms with Crippen molar-refractivity contribution in [1.29, 1.82) is 0 Å². The Morgan fingerprint density at radius 1 is 1.08 bits per heavy atom. The molecule has 124 valence electrons. The van der Waals surface area contributed by atoms with Gasteiger partial charge in [-0.15, -0.1) is 20.4 Å². The Morgan fingerprint density at radius 3 is 2.79 bits per heavy atom. The number of benzene rings is 1. The monoisotopic (exact) mass is 324 g/mol. The Morgan fingerprint density at radius 2 is 1.96 bits per heavy atom. The van der Waals surface area contributed by atoms with E-state index in [1.54, 1.807) is 6.33 Å². The van der Waals surface area contributed by atoms with Gasteiger partial charge in [-0.2, -0.15) is 0 Å². The smallest absolute Gasteiger partial charge is 0.247 e. The molecule has 4 rings (SSSR count). The highest BCUT2D eigenvalue weighted by Gasteiger charge is 2.26. The van der Waals surface area contributed by atoms with Crippen LogP contribution in [0.2, 0.25) is 0 Å². The van der Waals surface area contributed by atoms with E-state index < -0.39 is 0 Å². The van der Waals surface area contributed by atoms with Crippen molar-refractivity contribution in [3.8, 4) is 11.5 Å². The average Bonchev–Trinajstić information content (AvgIpc) is 3.25. The van der Waals surface area contributed by atoms with Crippen LogP contribution < -0.4 is 0 Å². The molecule has 0 radical (unpaired) electrons. The summed E-state index contributed by atoms with van der Waals surface area (Å²) in [5.41, 5.74) is 3.43. The fourth-order valence-electron chi connectivity index (χ4n) is 2.97. The lowest BCUT2D eigenvalue weighted by Gasteiger charge is -2.30. The predicted molar refractivity (Wildman–Crippen MR) is 88.1 cm³/mol. The molecular formula is C17H20N6O. The van der Waals surface area contributed by atoms with Gasteiger partial charge >= 0.3 is 0 Å². The van der Waals surface area contributed by atoms with E-state index in [1.165, 1.54) is 11.1 Å². The van der Waals surface area contributed by atoms with Crippen LogP contribution in [0.15, 0.2) is 28.9 Å². The Kier molecular flexibility index (Phi) is 3.65. The van der Waals surface area contributed by atoms with Gasteiger partial charge in [0, 0.05) is 18.7 Å². The van der Waals surface area contributed by atoms with Gasteiger partial charge in [0.05, 0.1) is 12.6 Å². The maximum atomic E-state index is 5.94. The third-order valence-corrected chi connectivity index (χ3v) is 4.77. The molecule has 7 heteroatoms. The number of hydrogen-bond acceptors (Lipinski definition) is 6. The molecule has 3 aromatic rings. The number of rotatable bonds is 3. The summed E-state index contributed by atoms with van der Waals surface area (Å²) in [6.07, 6.45) is 1.78. The summed E-state index contributed by atoms with van der Waals surface area (Å²) < 4.78 is 8.02. The highest BCUT2D eigenvalue weighted by molar-refractivity contribution is 5.55. The van der Waals surface area contributed by atoms with Crippen molar-refractivity contribution >= 4 is 0 Å². The molecule has 1 aliphatic rings. The van der Waals surface area contributed by atoms with Crippen molar-refractivity contribution in [2.75, 3.05) is 6.54 Å². The fraction of sp³-hybridized carbons (Fsp3) is 0.412. The Bertz CT molecular complexity index is 868. The lowest BCUT2D eigenvalue weighted by molar-refractivity contribution is 0.143. The Labute approximate surface area is 140 Å². The molecule has 0 spiro atoms. The van der Waals surface area contributed by atoms with Gasteiger partial charge in [0.15, 0.2) is 0 Å². The molecule has 1 unspecified atom stereocenters. The lowest BCUT2D eigenvalue weighted by atomic mass is 10.1. The summed E-state index contributed by atoms with van der Waals surface area (Å²) in [5, 5.41) is 16.6. The van der Waals surface area contributed by atoms with Crippen LogP contribution >= 0.6 is 0 Å². The molecule has 24 heavy (non-hydrogen) atoms. The number of aromatic nitrogens is 5. The number of aryl methyl sites for hydroxylation is 2. The first-order valence-electron chi connectivity index (χ1n) is 8.13. The van der Waals surface area contributed by atoms with E-state index in [9.17, 15) is 0 Å². The maximum Gasteiger partial charge on any atom is 0.247 e. The zero-order chi connectivity index (χ0) is 16.7. The van der Waals surface area contributed by atoms with Crippen molar-refractivity contribution in [3.05, 3.63) is 47.4 Å². The molecule has 0 amide bonds. The molecule has 1 aromatic carbocycles. The zero-order valence-corrected chi connectivity index (χ0v) is 14.1. The topological polar surface area (TPSA) is 72.9 Å². The summed E-state index contributed by atoms with van der Waals surface area (Å²) in [6, 6.07) is 6.23. The molecule has 0 saturated heterocycles. The van der Waals surface area contributed by atoms with E-state index in [1.807, 2.05) is 6.07 Å². The molecule has 2 aromatic heterocycles. The van der Waals surface area contributed by atoms with E-state index >= 15 is 0 Å². The molecule has 0 N–H and O–H groups in total. The molecule has 0 saturated carbocycles. The second-order valence-electron chi connectivity index (χ2n) is 6.33. The normalized spacial score (nSPS) is 16.1. The van der Waals surface area contributed by atoms with Crippen molar-refractivity contribution < 1.29 is 4.42 Å². The van der Waals surface area contributed by atoms with Crippen molar-refractivity contribution in [1.82, 2.24) is 29.9 Å². The van der Waals surface area contributed by atoms with Crippen LogP contribution in [0.4, 0.5) is 0 Å². The summed E-state index contributed by atoms with van der Waals surface area (Å²) in [6.45, 7) is 8.79. The molecule has 0 fully saturated rings. The minimum absolute atomic E-state index is 0.0447. The molecule has 1 atom stereocenters. The van der Waals surface area contributed by atoms with Crippen molar-refractivity contribution in [2.45, 2.75) is 39.9 Å². The minimum Gasteiger partial charge on any atom is -0.419 e. The number of hydrogen-bond donors (Lipinski definition) is 0. The Balaban J connectivity index is 1.55. The highest BCUT2D eigenvalue weighted by Crippen LogP contribution is 2.27. The lowest BCUT2D eigenvalue weighted by Crippen LogP contribution is -2.35. The second-order valence-corrected chi connectivity index (χ2v) is 6.33. The zero-order valence-electron chi connectivity index (χ0n) is 14.1. The minimum atomic E-state index is 0.0447. The summed E-state index contributed by atoms with van der Waals surface area (Å²) in [4.78, 5) is 2.28. The standard InChI is InChI=1S/C17H20N6O/c1-11-4-5-14(8-12(11)2)17-21-20-16(24-17)13(3)22-6-7-23-10-18-19-15(23)9-22/h4-5,8,10,13H,6-7,9H2,1-3H3. The van der Waals surface area contributed by atoms with E-state index in [-0.39, 0.29) is 6.04 Å². The van der Waals surface area contributed by atoms with Crippen molar-refractivity contribution in [2.24, 2.45) is 0 Å². The predicted octanol–water partition coefficient (Wildman–Crippen LogP) is 2.52. The van der Waals surface area contributed by atoms with Gasteiger partial charge < -0.3 is 8.98 Å². The van der Waals surface area contributed by atoms with Gasteiger partial charge in [-0.25, -0.2) is 0 Å². The quantitative estimate of drug-likeness (QED) is 0.737. The molecule has 0 bridgehead atoms. The third-order valence-electron chi connectivity index (χ3n) is 4.77. The number of nitrogens with zero attached hydrogens (tertiary/aromatic N) is 6. The van der Waals surface area contributed by atoms with E-state index in [0.717, 1.165) is 31.0 Å². The van der Waals surface area contributed by atoms with Gasteiger partial charge in [-0.05, 0) is 44.0 Å². The second kappa shape index (κ2) is 5.83. The van der Waals surface area contributed by atoms with Crippen molar-refractivity contribution in [3.63, 3.8) is 0 Å². The van der Waals surface area contributed by atoms with Gasteiger partial charge in [0.1, 0.15) is 12.2 Å². The largest absolute Gasteiger partial charge is 0.419 e. The van der Waals surface area contributed by atoms with Gasteiger partial charge in [-0.3, -0.25) is 4.90 Å².